The number of thiophene rings is 1. The van der Waals surface area contributed by atoms with Crippen molar-refractivity contribution >= 4 is 29.1 Å². The van der Waals surface area contributed by atoms with Crippen molar-refractivity contribution in [1.82, 2.24) is 16.2 Å². The number of nitrogens with one attached hydrogen (secondary N) is 3. The number of benzene rings is 1. The Morgan fingerprint density at radius 2 is 1.74 bits per heavy atom. The second-order valence-electron chi connectivity index (χ2n) is 4.36. The van der Waals surface area contributed by atoms with Crippen molar-refractivity contribution in [2.24, 2.45) is 0 Å². The molecule has 0 spiro atoms. The zero-order chi connectivity index (χ0) is 16.5. The third-order valence-electron chi connectivity index (χ3n) is 2.62. The van der Waals surface area contributed by atoms with Gasteiger partial charge < -0.3 is 10.1 Å². The van der Waals surface area contributed by atoms with Crippen molar-refractivity contribution in [1.29, 1.82) is 0 Å². The highest BCUT2D eigenvalue weighted by molar-refractivity contribution is 7.12. The van der Waals surface area contributed by atoms with E-state index < -0.39 is 17.7 Å². The summed E-state index contributed by atoms with van der Waals surface area (Å²) in [7, 11) is 0. The number of carbonyl (C=O) groups excluding carboxylic acids is 3. The fourth-order valence-corrected chi connectivity index (χ4v) is 2.15. The second-order valence-corrected chi connectivity index (χ2v) is 5.31. The Morgan fingerprint density at radius 1 is 0.957 bits per heavy atom. The number of hydrogen-bond donors (Lipinski definition) is 3. The molecule has 0 bridgehead atoms. The first kappa shape index (κ1) is 16.5. The van der Waals surface area contributed by atoms with Crippen LogP contribution >= 0.6 is 11.3 Å². The average Bonchev–Trinajstić information content (AvgIpc) is 3.11. The molecular weight excluding hydrogens is 318 g/mol. The Hall–Kier alpha value is -2.87. The smallest absolute Gasteiger partial charge is 0.279 e. The number of rotatable bonds is 6. The van der Waals surface area contributed by atoms with Crippen LogP contribution in [0, 0.1) is 0 Å². The van der Waals surface area contributed by atoms with Crippen molar-refractivity contribution in [2.45, 2.75) is 0 Å². The average molecular weight is 333 g/mol. The molecule has 1 heterocycles. The van der Waals surface area contributed by atoms with Gasteiger partial charge in [-0.3, -0.25) is 25.2 Å². The molecule has 0 saturated carbocycles. The van der Waals surface area contributed by atoms with E-state index in [9.17, 15) is 14.4 Å². The van der Waals surface area contributed by atoms with Crippen LogP contribution in [0.15, 0.2) is 47.8 Å². The Morgan fingerprint density at radius 3 is 2.43 bits per heavy atom. The third kappa shape index (κ3) is 5.79. The summed E-state index contributed by atoms with van der Waals surface area (Å²) in [5, 5.41) is 4.14. The molecule has 0 aliphatic carbocycles. The first-order valence-electron chi connectivity index (χ1n) is 6.72. The SMILES string of the molecule is O=C(COc1ccccc1)NCC(=O)NNC(=O)c1cccs1. The van der Waals surface area contributed by atoms with Crippen molar-refractivity contribution in [3.05, 3.63) is 52.7 Å². The van der Waals surface area contributed by atoms with Crippen molar-refractivity contribution in [3.8, 4) is 5.75 Å². The maximum atomic E-state index is 11.6. The molecule has 0 radical (unpaired) electrons. The molecule has 2 aromatic rings. The summed E-state index contributed by atoms with van der Waals surface area (Å²) in [5.41, 5.74) is 4.47. The van der Waals surface area contributed by atoms with Gasteiger partial charge in [0.1, 0.15) is 5.75 Å². The van der Waals surface area contributed by atoms with Gasteiger partial charge in [-0.1, -0.05) is 24.3 Å². The summed E-state index contributed by atoms with van der Waals surface area (Å²) in [5.74, 6) is -0.820. The molecule has 2 rings (SSSR count). The number of hydrazine groups is 1. The predicted octanol–water partition coefficient (Wildman–Crippen LogP) is 0.704. The van der Waals surface area contributed by atoms with Gasteiger partial charge in [-0.2, -0.15) is 0 Å². The Bertz CT molecular complexity index is 659. The molecule has 1 aromatic heterocycles. The molecule has 1 aromatic carbocycles. The summed E-state index contributed by atoms with van der Waals surface area (Å²) >= 11 is 1.26. The van der Waals surface area contributed by atoms with E-state index in [1.165, 1.54) is 11.3 Å². The second kappa shape index (κ2) is 8.54. The molecular formula is C15H15N3O4S. The first-order chi connectivity index (χ1) is 11.1. The molecule has 0 atom stereocenters. The molecule has 23 heavy (non-hydrogen) atoms. The van der Waals surface area contributed by atoms with Crippen LogP contribution in [0.1, 0.15) is 9.67 Å². The van der Waals surface area contributed by atoms with Crippen LogP contribution in [0.3, 0.4) is 0 Å². The van der Waals surface area contributed by atoms with Crippen LogP contribution in [-0.2, 0) is 9.59 Å². The van der Waals surface area contributed by atoms with Gasteiger partial charge in [-0.25, -0.2) is 0 Å². The van der Waals surface area contributed by atoms with Crippen molar-refractivity contribution in [3.63, 3.8) is 0 Å². The largest absolute Gasteiger partial charge is 0.484 e. The molecule has 0 fully saturated rings. The van der Waals surface area contributed by atoms with Crippen LogP contribution in [0.5, 0.6) is 5.75 Å². The number of amides is 3. The van der Waals surface area contributed by atoms with E-state index in [1.807, 2.05) is 6.07 Å². The monoisotopic (exact) mass is 333 g/mol. The quantitative estimate of drug-likeness (QED) is 0.678. The molecule has 8 heteroatoms. The van der Waals surface area contributed by atoms with Crippen LogP contribution < -0.4 is 20.9 Å². The van der Waals surface area contributed by atoms with Crippen LogP contribution in [0.2, 0.25) is 0 Å². The number of hydrogen-bond acceptors (Lipinski definition) is 5. The Kier molecular flexibility index (Phi) is 6.13. The fourth-order valence-electron chi connectivity index (χ4n) is 1.54. The normalized spacial score (nSPS) is 9.74. The van der Waals surface area contributed by atoms with Gasteiger partial charge in [-0.05, 0) is 23.6 Å². The minimum Gasteiger partial charge on any atom is -0.484 e. The van der Waals surface area contributed by atoms with Gasteiger partial charge in [0.15, 0.2) is 6.61 Å². The highest BCUT2D eigenvalue weighted by Crippen LogP contribution is 2.07. The molecule has 0 saturated heterocycles. The van der Waals surface area contributed by atoms with Crippen LogP contribution in [0.4, 0.5) is 0 Å². The lowest BCUT2D eigenvalue weighted by Crippen LogP contribution is -2.46. The third-order valence-corrected chi connectivity index (χ3v) is 3.49. The standard InChI is InChI=1S/C15H15N3O4S/c19-13(17-18-15(21)12-7-4-8-23-12)9-16-14(20)10-22-11-5-2-1-3-6-11/h1-8H,9-10H2,(H,16,20)(H,17,19)(H,18,21). The topological polar surface area (TPSA) is 96.5 Å². The van der Waals surface area contributed by atoms with E-state index in [1.54, 1.807) is 41.8 Å². The van der Waals surface area contributed by atoms with Crippen LogP contribution in [0.25, 0.3) is 0 Å². The van der Waals surface area contributed by atoms with E-state index in [2.05, 4.69) is 16.2 Å². The lowest BCUT2D eigenvalue weighted by atomic mass is 10.3. The number of ether oxygens (including phenoxy) is 1. The lowest BCUT2D eigenvalue weighted by Gasteiger charge is -2.08. The zero-order valence-corrected chi connectivity index (χ0v) is 12.9. The van der Waals surface area contributed by atoms with Gasteiger partial charge in [0.25, 0.3) is 17.7 Å². The predicted molar refractivity (Wildman–Crippen MR) is 84.9 cm³/mol. The molecule has 3 amide bonds. The molecule has 7 nitrogen and oxygen atoms in total. The van der Waals surface area contributed by atoms with Gasteiger partial charge in [0, 0.05) is 0 Å². The fraction of sp³-hybridized carbons (Fsp3) is 0.133. The summed E-state index contributed by atoms with van der Waals surface area (Å²) in [6, 6.07) is 12.2. The first-order valence-corrected chi connectivity index (χ1v) is 7.60. The van der Waals surface area contributed by atoms with E-state index in [0.717, 1.165) is 0 Å². The van der Waals surface area contributed by atoms with Gasteiger partial charge >= 0.3 is 0 Å². The Balaban J connectivity index is 1.62. The van der Waals surface area contributed by atoms with Gasteiger partial charge in [0.05, 0.1) is 11.4 Å². The zero-order valence-electron chi connectivity index (χ0n) is 12.1. The van der Waals surface area contributed by atoms with E-state index in [-0.39, 0.29) is 13.2 Å². The maximum Gasteiger partial charge on any atom is 0.279 e. The summed E-state index contributed by atoms with van der Waals surface area (Å²) < 4.78 is 5.24. The molecule has 0 aliphatic rings. The Labute approximate surface area is 136 Å². The molecule has 120 valence electrons. The molecule has 3 N–H and O–H groups in total. The maximum absolute atomic E-state index is 11.6. The summed E-state index contributed by atoms with van der Waals surface area (Å²) in [4.78, 5) is 35.1. The van der Waals surface area contributed by atoms with Gasteiger partial charge in [-0.15, -0.1) is 11.3 Å². The molecule has 0 aliphatic heterocycles. The van der Waals surface area contributed by atoms with Gasteiger partial charge in [0.2, 0.25) is 0 Å². The highest BCUT2D eigenvalue weighted by Gasteiger charge is 2.09. The van der Waals surface area contributed by atoms with E-state index in [4.69, 9.17) is 4.74 Å². The summed E-state index contributed by atoms with van der Waals surface area (Å²) in [6.07, 6.45) is 0. The highest BCUT2D eigenvalue weighted by atomic mass is 32.1. The minimum atomic E-state index is -0.539. The van der Waals surface area contributed by atoms with Crippen LogP contribution in [-0.4, -0.2) is 30.9 Å². The van der Waals surface area contributed by atoms with E-state index in [0.29, 0.717) is 10.6 Å². The van der Waals surface area contributed by atoms with Crippen molar-refractivity contribution < 1.29 is 19.1 Å². The number of carbonyl (C=O) groups is 3. The summed E-state index contributed by atoms with van der Waals surface area (Å²) in [6.45, 7) is -0.458. The molecule has 0 unspecified atom stereocenters. The lowest BCUT2D eigenvalue weighted by molar-refractivity contribution is -0.127. The minimum absolute atomic E-state index is 0.196. The number of para-hydroxylation sites is 1. The van der Waals surface area contributed by atoms with Crippen molar-refractivity contribution in [2.75, 3.05) is 13.2 Å². The van der Waals surface area contributed by atoms with E-state index >= 15 is 0 Å².